The number of nitrogens with one attached hydrogen (secondary N) is 1. The van der Waals surface area contributed by atoms with E-state index < -0.39 is 53.2 Å². The third-order valence-electron chi connectivity index (χ3n) is 2.55. The fraction of sp³-hybridized carbons (Fsp3) is 0.333. The van der Waals surface area contributed by atoms with Gasteiger partial charge in [-0.05, 0) is 12.2 Å². The van der Waals surface area contributed by atoms with Gasteiger partial charge >= 0.3 is 12.3 Å². The van der Waals surface area contributed by atoms with Gasteiger partial charge in [0.1, 0.15) is 12.3 Å². The molecular weight excluding hydrogens is 325 g/mol. The zero-order valence-electron chi connectivity index (χ0n) is 11.7. The van der Waals surface area contributed by atoms with Crippen LogP contribution in [-0.2, 0) is 19.1 Å². The van der Waals surface area contributed by atoms with Gasteiger partial charge in [-0.1, -0.05) is 0 Å². The Hall–Kier alpha value is -2.85. The SMILES string of the molecule is COC(=O)CNC(=O)C1=C([N+](=O)[O-])C=CC(OC(F)(F)F)=CC1. The quantitative estimate of drug-likeness (QED) is 0.459. The first-order valence-electron chi connectivity index (χ1n) is 6.00. The first-order valence-corrected chi connectivity index (χ1v) is 6.00. The Balaban J connectivity index is 2.97. The van der Waals surface area contributed by atoms with E-state index in [1.165, 1.54) is 0 Å². The highest BCUT2D eigenvalue weighted by Gasteiger charge is 2.32. The number of hydrogen-bond donors (Lipinski definition) is 1. The molecule has 11 heteroatoms. The highest BCUT2D eigenvalue weighted by atomic mass is 19.4. The normalized spacial score (nSPS) is 14.7. The maximum Gasteiger partial charge on any atom is 0.573 e. The molecule has 0 saturated heterocycles. The second-order valence-corrected chi connectivity index (χ2v) is 4.07. The number of rotatable bonds is 5. The molecule has 23 heavy (non-hydrogen) atoms. The van der Waals surface area contributed by atoms with Gasteiger partial charge in [-0.15, -0.1) is 13.2 Å². The lowest BCUT2D eigenvalue weighted by molar-refractivity contribution is -0.420. The molecule has 0 aromatic rings. The van der Waals surface area contributed by atoms with Gasteiger partial charge in [-0.2, -0.15) is 0 Å². The fourth-order valence-corrected chi connectivity index (χ4v) is 1.56. The van der Waals surface area contributed by atoms with Gasteiger partial charge in [-0.3, -0.25) is 19.7 Å². The number of amides is 1. The van der Waals surface area contributed by atoms with Crippen LogP contribution in [0.15, 0.2) is 35.3 Å². The Kier molecular flexibility index (Phi) is 5.87. The van der Waals surface area contributed by atoms with E-state index >= 15 is 0 Å². The molecule has 0 aliphatic heterocycles. The van der Waals surface area contributed by atoms with Crippen molar-refractivity contribution in [2.75, 3.05) is 13.7 Å². The molecule has 0 aromatic heterocycles. The molecule has 1 N–H and O–H groups in total. The Labute approximate surface area is 127 Å². The molecule has 0 heterocycles. The molecule has 0 unspecified atom stereocenters. The molecule has 0 saturated carbocycles. The Bertz CT molecular complexity index is 606. The number of ether oxygens (including phenoxy) is 2. The van der Waals surface area contributed by atoms with Crippen molar-refractivity contribution in [3.8, 4) is 0 Å². The first kappa shape index (κ1) is 18.2. The number of alkyl halides is 3. The van der Waals surface area contributed by atoms with Crippen LogP contribution in [0.2, 0.25) is 0 Å². The van der Waals surface area contributed by atoms with Crippen molar-refractivity contribution in [3.05, 3.63) is 45.4 Å². The maximum atomic E-state index is 12.2. The van der Waals surface area contributed by atoms with Gasteiger partial charge < -0.3 is 14.8 Å². The number of nitro groups is 1. The van der Waals surface area contributed by atoms with Crippen LogP contribution in [0.4, 0.5) is 13.2 Å². The summed E-state index contributed by atoms with van der Waals surface area (Å²) in [5, 5.41) is 13.0. The molecule has 0 fully saturated rings. The summed E-state index contributed by atoms with van der Waals surface area (Å²) in [7, 11) is 1.08. The molecule has 0 atom stereocenters. The van der Waals surface area contributed by atoms with Crippen molar-refractivity contribution in [1.29, 1.82) is 0 Å². The van der Waals surface area contributed by atoms with Crippen molar-refractivity contribution in [3.63, 3.8) is 0 Å². The minimum absolute atomic E-state index is 0.420. The van der Waals surface area contributed by atoms with Crippen molar-refractivity contribution >= 4 is 11.9 Å². The van der Waals surface area contributed by atoms with E-state index in [1.54, 1.807) is 0 Å². The third kappa shape index (κ3) is 5.80. The van der Waals surface area contributed by atoms with Gasteiger partial charge in [0.2, 0.25) is 0 Å². The lowest BCUT2D eigenvalue weighted by atomic mass is 10.1. The lowest BCUT2D eigenvalue weighted by Gasteiger charge is -2.08. The number of carbonyl (C=O) groups is 2. The number of esters is 1. The van der Waals surface area contributed by atoms with Gasteiger partial charge in [0.05, 0.1) is 17.6 Å². The predicted molar refractivity (Wildman–Crippen MR) is 68.0 cm³/mol. The summed E-state index contributed by atoms with van der Waals surface area (Å²) < 4.78 is 44.4. The average molecular weight is 336 g/mol. The highest BCUT2D eigenvalue weighted by Crippen LogP contribution is 2.25. The smallest absolute Gasteiger partial charge is 0.468 e. The predicted octanol–water partition coefficient (Wildman–Crippen LogP) is 1.19. The van der Waals surface area contributed by atoms with Gasteiger partial charge in [0.25, 0.3) is 11.6 Å². The summed E-state index contributed by atoms with van der Waals surface area (Å²) in [4.78, 5) is 32.8. The van der Waals surface area contributed by atoms with Gasteiger partial charge in [0.15, 0.2) is 0 Å². The first-order chi connectivity index (χ1) is 10.6. The molecule has 126 valence electrons. The topological polar surface area (TPSA) is 108 Å². The molecule has 0 radical (unpaired) electrons. The summed E-state index contributed by atoms with van der Waals surface area (Å²) in [5.74, 6) is -2.45. The van der Waals surface area contributed by atoms with Crippen LogP contribution in [-0.4, -0.2) is 36.8 Å². The van der Waals surface area contributed by atoms with E-state index in [1.807, 2.05) is 0 Å². The molecule has 0 spiro atoms. The van der Waals surface area contributed by atoms with E-state index in [4.69, 9.17) is 0 Å². The van der Waals surface area contributed by atoms with E-state index in [0.29, 0.717) is 0 Å². The summed E-state index contributed by atoms with van der Waals surface area (Å²) in [6, 6.07) is 0. The van der Waals surface area contributed by atoms with Crippen LogP contribution in [0.3, 0.4) is 0 Å². The van der Waals surface area contributed by atoms with Crippen molar-refractivity contribution in [1.82, 2.24) is 5.32 Å². The molecule has 8 nitrogen and oxygen atoms in total. The zero-order valence-corrected chi connectivity index (χ0v) is 11.7. The molecular formula is C12H11F3N2O6. The van der Waals surface area contributed by atoms with Gasteiger partial charge in [0, 0.05) is 12.5 Å². The second kappa shape index (κ2) is 7.42. The van der Waals surface area contributed by atoms with E-state index in [2.05, 4.69) is 14.8 Å². The molecule has 1 aliphatic rings. The minimum atomic E-state index is -4.97. The van der Waals surface area contributed by atoms with Crippen molar-refractivity contribution < 1.29 is 37.2 Å². The minimum Gasteiger partial charge on any atom is -0.468 e. The van der Waals surface area contributed by atoms with Crippen LogP contribution in [0.1, 0.15) is 6.42 Å². The number of allylic oxidation sites excluding steroid dienone is 3. The monoisotopic (exact) mass is 336 g/mol. The summed E-state index contributed by atoms with van der Waals surface area (Å²) in [5.41, 5.74) is -1.12. The number of carbonyl (C=O) groups excluding carboxylic acids is 2. The third-order valence-corrected chi connectivity index (χ3v) is 2.55. The second-order valence-electron chi connectivity index (χ2n) is 4.07. The van der Waals surface area contributed by atoms with Crippen LogP contribution in [0.5, 0.6) is 0 Å². The van der Waals surface area contributed by atoms with Crippen LogP contribution in [0.25, 0.3) is 0 Å². The number of halogens is 3. The largest absolute Gasteiger partial charge is 0.573 e. The van der Waals surface area contributed by atoms with E-state index in [0.717, 1.165) is 25.3 Å². The molecule has 0 aromatic carbocycles. The Morgan fingerprint density at radius 3 is 2.57 bits per heavy atom. The Morgan fingerprint density at radius 1 is 1.39 bits per heavy atom. The van der Waals surface area contributed by atoms with Crippen LogP contribution >= 0.6 is 0 Å². The number of nitrogens with zero attached hydrogens (tertiary/aromatic N) is 1. The number of hydrogen-bond acceptors (Lipinski definition) is 6. The molecule has 1 aliphatic carbocycles. The van der Waals surface area contributed by atoms with Crippen LogP contribution in [0, 0.1) is 10.1 Å². The van der Waals surface area contributed by atoms with E-state index in [9.17, 15) is 32.9 Å². The molecule has 0 bridgehead atoms. The fourth-order valence-electron chi connectivity index (χ4n) is 1.56. The van der Waals surface area contributed by atoms with Gasteiger partial charge in [-0.25, -0.2) is 0 Å². The van der Waals surface area contributed by atoms with Crippen LogP contribution < -0.4 is 5.32 Å². The zero-order chi connectivity index (χ0) is 17.6. The molecule has 1 rings (SSSR count). The summed E-state index contributed by atoms with van der Waals surface area (Å²) in [6.07, 6.45) is -3.14. The average Bonchev–Trinajstić information content (AvgIpc) is 2.65. The molecule has 1 amide bonds. The standard InChI is InChI=1S/C12H11F3N2O6/c1-22-10(18)6-16-11(19)8-4-2-7(23-12(13,14)15)3-5-9(8)17(20)21/h2-3,5H,4,6H2,1H3,(H,16,19). The van der Waals surface area contributed by atoms with Crippen molar-refractivity contribution in [2.45, 2.75) is 12.8 Å². The summed E-state index contributed by atoms with van der Waals surface area (Å²) in [6.45, 7) is -0.539. The Morgan fingerprint density at radius 2 is 2.04 bits per heavy atom. The van der Waals surface area contributed by atoms with Crippen molar-refractivity contribution in [2.24, 2.45) is 0 Å². The number of methoxy groups -OCH3 is 1. The summed E-state index contributed by atoms with van der Waals surface area (Å²) >= 11 is 0. The lowest BCUT2D eigenvalue weighted by Crippen LogP contribution is -2.32. The maximum absolute atomic E-state index is 12.2. The highest BCUT2D eigenvalue weighted by molar-refractivity contribution is 5.96. The van der Waals surface area contributed by atoms with E-state index in [-0.39, 0.29) is 0 Å².